The lowest BCUT2D eigenvalue weighted by Gasteiger charge is -2.30. The van der Waals surface area contributed by atoms with Gasteiger partial charge in [-0.1, -0.05) is 30.3 Å². The number of nitrogen functional groups attached to an aromatic ring is 1. The van der Waals surface area contributed by atoms with Crippen molar-refractivity contribution in [3.63, 3.8) is 0 Å². The molecule has 3 aromatic rings. The van der Waals surface area contributed by atoms with Gasteiger partial charge in [-0.2, -0.15) is 10.1 Å². The van der Waals surface area contributed by atoms with Crippen LogP contribution in [0, 0.1) is 18.8 Å². The Labute approximate surface area is 181 Å². The minimum atomic E-state index is 0.00382. The molecular weight excluding hydrogens is 390 g/mol. The van der Waals surface area contributed by atoms with Crippen molar-refractivity contribution in [1.82, 2.24) is 24.6 Å². The smallest absolute Gasteiger partial charge is 0.274 e. The summed E-state index contributed by atoms with van der Waals surface area (Å²) in [5.41, 5.74) is 8.43. The van der Waals surface area contributed by atoms with Gasteiger partial charge in [-0.3, -0.25) is 9.48 Å². The summed E-state index contributed by atoms with van der Waals surface area (Å²) in [6.45, 7) is 7.07. The second kappa shape index (κ2) is 7.68. The van der Waals surface area contributed by atoms with Gasteiger partial charge in [-0.05, 0) is 25.5 Å². The highest BCUT2D eigenvalue weighted by Crippen LogP contribution is 2.46. The Morgan fingerprint density at radius 2 is 1.94 bits per heavy atom. The molecule has 0 aliphatic carbocycles. The quantitative estimate of drug-likeness (QED) is 0.701. The average molecular weight is 418 g/mol. The summed E-state index contributed by atoms with van der Waals surface area (Å²) >= 11 is 0. The zero-order chi connectivity index (χ0) is 21.5. The molecule has 0 radical (unpaired) electrons. The van der Waals surface area contributed by atoms with Crippen LogP contribution in [0.2, 0.25) is 0 Å². The Morgan fingerprint density at radius 3 is 2.65 bits per heavy atom. The third-order valence-electron chi connectivity index (χ3n) is 6.43. The standard InChI is InChI=1S/C23H27N7O/c1-3-29-10-9-19(27-29)22(31)30-13-17-12-28(20-11-15(2)25-23(24)26-20)14-18(17)21(30)16-7-5-4-6-8-16/h4-11,17-18,21H,3,12-14H2,1-2H3,(H2,24,25,26)/t17-,18-,21-/m0/s1. The molecular formula is C23H27N7O. The van der Waals surface area contributed by atoms with Crippen LogP contribution >= 0.6 is 0 Å². The molecule has 0 saturated carbocycles. The van der Waals surface area contributed by atoms with Crippen LogP contribution in [-0.2, 0) is 6.54 Å². The van der Waals surface area contributed by atoms with Crippen molar-refractivity contribution in [2.24, 2.45) is 11.8 Å². The highest BCUT2D eigenvalue weighted by Gasteiger charge is 2.49. The van der Waals surface area contributed by atoms with Gasteiger partial charge < -0.3 is 15.5 Å². The van der Waals surface area contributed by atoms with E-state index in [1.807, 2.05) is 55.3 Å². The van der Waals surface area contributed by atoms with Gasteiger partial charge >= 0.3 is 0 Å². The van der Waals surface area contributed by atoms with Crippen molar-refractivity contribution in [3.05, 3.63) is 65.6 Å². The van der Waals surface area contributed by atoms with Gasteiger partial charge in [0.05, 0.1) is 6.04 Å². The Balaban J connectivity index is 1.45. The Morgan fingerprint density at radius 1 is 1.13 bits per heavy atom. The first-order valence-electron chi connectivity index (χ1n) is 10.8. The normalized spacial score (nSPS) is 22.7. The number of rotatable bonds is 4. The molecule has 2 N–H and O–H groups in total. The van der Waals surface area contributed by atoms with Gasteiger partial charge in [0.15, 0.2) is 0 Å². The number of nitrogens with two attached hydrogens (primary N) is 1. The molecule has 1 amide bonds. The predicted molar refractivity (Wildman–Crippen MR) is 118 cm³/mol. The van der Waals surface area contributed by atoms with Crippen molar-refractivity contribution in [2.75, 3.05) is 30.3 Å². The van der Waals surface area contributed by atoms with Gasteiger partial charge in [0.2, 0.25) is 5.95 Å². The van der Waals surface area contributed by atoms with Gasteiger partial charge in [-0.15, -0.1) is 0 Å². The van der Waals surface area contributed by atoms with E-state index < -0.39 is 0 Å². The summed E-state index contributed by atoms with van der Waals surface area (Å²) in [6.07, 6.45) is 1.87. The van der Waals surface area contributed by atoms with Crippen LogP contribution in [-0.4, -0.2) is 50.2 Å². The van der Waals surface area contributed by atoms with E-state index >= 15 is 0 Å². The molecule has 2 fully saturated rings. The van der Waals surface area contributed by atoms with Crippen molar-refractivity contribution in [1.29, 1.82) is 0 Å². The summed E-state index contributed by atoms with van der Waals surface area (Å²) in [4.78, 5) is 26.4. The molecule has 2 aromatic heterocycles. The van der Waals surface area contributed by atoms with E-state index in [-0.39, 0.29) is 11.9 Å². The monoisotopic (exact) mass is 417 g/mol. The molecule has 0 spiro atoms. The number of hydrogen-bond acceptors (Lipinski definition) is 6. The number of anilines is 2. The SMILES string of the molecule is CCn1ccc(C(=O)N2C[C@@H]3CN(c4cc(C)nc(N)n4)C[C@@H]3[C@@H]2c2ccccc2)n1. The first-order chi connectivity index (χ1) is 15.0. The largest absolute Gasteiger partial charge is 0.368 e. The van der Waals surface area contributed by atoms with Crippen molar-refractivity contribution in [2.45, 2.75) is 26.4 Å². The van der Waals surface area contributed by atoms with Gasteiger partial charge in [-0.25, -0.2) is 4.98 Å². The fraction of sp³-hybridized carbons (Fsp3) is 0.391. The van der Waals surface area contributed by atoms with Crippen LogP contribution in [0.5, 0.6) is 0 Å². The molecule has 2 aliphatic heterocycles. The molecule has 8 heteroatoms. The molecule has 2 aliphatic rings. The highest BCUT2D eigenvalue weighted by atomic mass is 16.2. The number of nitrogens with zero attached hydrogens (tertiary/aromatic N) is 6. The minimum Gasteiger partial charge on any atom is -0.368 e. The van der Waals surface area contributed by atoms with Gasteiger partial charge in [0.25, 0.3) is 5.91 Å². The first kappa shape index (κ1) is 19.5. The number of benzene rings is 1. The summed E-state index contributed by atoms with van der Waals surface area (Å²) in [7, 11) is 0. The number of carbonyl (C=O) groups is 1. The van der Waals surface area contributed by atoms with Crippen LogP contribution in [0.1, 0.15) is 34.7 Å². The molecule has 4 heterocycles. The van der Waals surface area contributed by atoms with Crippen molar-refractivity contribution >= 4 is 17.7 Å². The molecule has 5 rings (SSSR count). The number of carbonyl (C=O) groups excluding carboxylic acids is 1. The number of likely N-dealkylation sites (tertiary alicyclic amines) is 1. The summed E-state index contributed by atoms with van der Waals surface area (Å²) in [6, 6.07) is 14.1. The van der Waals surface area contributed by atoms with Gasteiger partial charge in [0.1, 0.15) is 11.5 Å². The molecule has 160 valence electrons. The number of aryl methyl sites for hydroxylation is 2. The van der Waals surface area contributed by atoms with Crippen LogP contribution in [0.3, 0.4) is 0 Å². The summed E-state index contributed by atoms with van der Waals surface area (Å²) in [5, 5.41) is 4.46. The Hall–Kier alpha value is -3.42. The fourth-order valence-corrected chi connectivity index (χ4v) is 5.05. The number of hydrogen-bond donors (Lipinski definition) is 1. The van der Waals surface area contributed by atoms with Gasteiger partial charge in [0, 0.05) is 56.0 Å². The molecule has 2 saturated heterocycles. The average Bonchev–Trinajstić information content (AvgIpc) is 3.47. The van der Waals surface area contributed by atoms with E-state index in [4.69, 9.17) is 5.73 Å². The Bertz CT molecular complexity index is 1080. The predicted octanol–water partition coefficient (Wildman–Crippen LogP) is 2.53. The van der Waals surface area contributed by atoms with Crippen LogP contribution in [0.25, 0.3) is 0 Å². The molecule has 1 aromatic carbocycles. The zero-order valence-corrected chi connectivity index (χ0v) is 17.8. The van der Waals surface area contributed by atoms with Crippen molar-refractivity contribution in [3.8, 4) is 0 Å². The van der Waals surface area contributed by atoms with E-state index in [1.54, 1.807) is 4.68 Å². The van der Waals surface area contributed by atoms with E-state index in [0.29, 0.717) is 30.0 Å². The summed E-state index contributed by atoms with van der Waals surface area (Å²) < 4.78 is 1.80. The van der Waals surface area contributed by atoms with Crippen LogP contribution in [0.4, 0.5) is 11.8 Å². The molecule has 8 nitrogen and oxygen atoms in total. The third-order valence-corrected chi connectivity index (χ3v) is 6.43. The van der Waals surface area contributed by atoms with Crippen molar-refractivity contribution < 1.29 is 4.79 Å². The van der Waals surface area contributed by atoms with E-state index in [2.05, 4.69) is 32.1 Å². The van der Waals surface area contributed by atoms with E-state index in [0.717, 1.165) is 31.1 Å². The lowest BCUT2D eigenvalue weighted by molar-refractivity contribution is 0.0708. The van der Waals surface area contributed by atoms with E-state index in [9.17, 15) is 4.79 Å². The molecule has 0 unspecified atom stereocenters. The third kappa shape index (κ3) is 3.52. The lowest BCUT2D eigenvalue weighted by Crippen LogP contribution is -2.36. The lowest BCUT2D eigenvalue weighted by atomic mass is 9.89. The first-order valence-corrected chi connectivity index (χ1v) is 10.8. The fourth-order valence-electron chi connectivity index (χ4n) is 5.05. The Kier molecular flexibility index (Phi) is 4.84. The second-order valence-corrected chi connectivity index (χ2v) is 8.42. The zero-order valence-electron chi connectivity index (χ0n) is 17.8. The molecule has 0 bridgehead atoms. The number of aromatic nitrogens is 4. The van der Waals surface area contributed by atoms with Crippen LogP contribution in [0.15, 0.2) is 48.7 Å². The maximum absolute atomic E-state index is 13.4. The second-order valence-electron chi connectivity index (χ2n) is 8.42. The van der Waals surface area contributed by atoms with Crippen LogP contribution < -0.4 is 10.6 Å². The molecule has 3 atom stereocenters. The highest BCUT2D eigenvalue weighted by molar-refractivity contribution is 5.92. The maximum atomic E-state index is 13.4. The minimum absolute atomic E-state index is 0.00382. The molecule has 31 heavy (non-hydrogen) atoms. The maximum Gasteiger partial charge on any atom is 0.274 e. The number of amides is 1. The van der Waals surface area contributed by atoms with E-state index in [1.165, 1.54) is 5.56 Å². The summed E-state index contributed by atoms with van der Waals surface area (Å²) in [5.74, 6) is 1.85. The number of fused-ring (bicyclic) bond motifs is 1. The topological polar surface area (TPSA) is 93.2 Å².